The van der Waals surface area contributed by atoms with E-state index in [-0.39, 0.29) is 23.8 Å². The average molecular weight is 336 g/mol. The highest BCUT2D eigenvalue weighted by molar-refractivity contribution is 7.93. The van der Waals surface area contributed by atoms with E-state index in [0.717, 1.165) is 6.42 Å². The first kappa shape index (κ1) is 16.3. The quantitative estimate of drug-likeness (QED) is 0.890. The lowest BCUT2D eigenvalue weighted by atomic mass is 9.70. The van der Waals surface area contributed by atoms with Gasteiger partial charge in [-0.3, -0.25) is 9.52 Å². The van der Waals surface area contributed by atoms with E-state index in [1.165, 1.54) is 0 Å². The molecule has 1 heterocycles. The molecule has 2 aliphatic rings. The summed E-state index contributed by atoms with van der Waals surface area (Å²) in [6.45, 7) is 4.16. The zero-order valence-corrected chi connectivity index (χ0v) is 14.3. The topological polar surface area (TPSA) is 75.3 Å². The van der Waals surface area contributed by atoms with Gasteiger partial charge in [0.05, 0.1) is 6.04 Å². The number of benzene rings is 1. The number of carbonyl (C=O) groups is 1. The molecule has 1 aromatic carbocycles. The van der Waals surface area contributed by atoms with Crippen molar-refractivity contribution in [1.82, 2.24) is 5.32 Å². The van der Waals surface area contributed by atoms with Crippen LogP contribution >= 0.6 is 0 Å². The highest BCUT2D eigenvalue weighted by Crippen LogP contribution is 2.40. The average Bonchev–Trinajstić information content (AvgIpc) is 2.48. The molecule has 6 heteroatoms. The van der Waals surface area contributed by atoms with E-state index < -0.39 is 15.3 Å². The lowest BCUT2D eigenvalue weighted by Gasteiger charge is -2.46. The monoisotopic (exact) mass is 336 g/mol. The molecule has 0 bridgehead atoms. The second-order valence-corrected chi connectivity index (χ2v) is 8.97. The van der Waals surface area contributed by atoms with E-state index in [1.54, 1.807) is 24.3 Å². The highest BCUT2D eigenvalue weighted by Gasteiger charge is 2.48. The van der Waals surface area contributed by atoms with Gasteiger partial charge in [0, 0.05) is 12.1 Å². The van der Waals surface area contributed by atoms with Crippen LogP contribution in [-0.4, -0.2) is 25.6 Å². The lowest BCUT2D eigenvalue weighted by Crippen LogP contribution is -2.60. The van der Waals surface area contributed by atoms with Gasteiger partial charge in [-0.2, -0.15) is 0 Å². The van der Waals surface area contributed by atoms with Crippen LogP contribution in [0.5, 0.6) is 0 Å². The van der Waals surface area contributed by atoms with Crippen LogP contribution in [0.25, 0.3) is 0 Å². The Hall–Kier alpha value is -1.56. The summed E-state index contributed by atoms with van der Waals surface area (Å²) < 4.78 is 28.5. The number of sulfonamides is 1. The molecule has 1 amide bonds. The fraction of sp³-hybridized carbons (Fsp3) is 0.588. The Morgan fingerprint density at radius 3 is 2.52 bits per heavy atom. The first-order chi connectivity index (χ1) is 10.9. The van der Waals surface area contributed by atoms with Crippen LogP contribution in [0.15, 0.2) is 30.3 Å². The van der Waals surface area contributed by atoms with Crippen molar-refractivity contribution in [3.05, 3.63) is 30.3 Å². The van der Waals surface area contributed by atoms with Crippen molar-refractivity contribution >= 4 is 21.6 Å². The van der Waals surface area contributed by atoms with Gasteiger partial charge < -0.3 is 5.32 Å². The Balaban J connectivity index is 1.88. The molecule has 1 aliphatic carbocycles. The number of hydrogen-bond donors (Lipinski definition) is 2. The molecule has 1 saturated carbocycles. The van der Waals surface area contributed by atoms with Gasteiger partial charge in [0.2, 0.25) is 15.9 Å². The number of amides is 1. The molecule has 2 fully saturated rings. The summed E-state index contributed by atoms with van der Waals surface area (Å²) in [5.41, 5.74) is 0.567. The predicted molar refractivity (Wildman–Crippen MR) is 90.4 cm³/mol. The molecule has 1 aliphatic heterocycles. The molecule has 23 heavy (non-hydrogen) atoms. The third kappa shape index (κ3) is 3.37. The minimum atomic E-state index is -3.55. The number of para-hydroxylation sites is 1. The smallest absolute Gasteiger partial charge is 0.237 e. The standard InChI is InChI=1S/C17H24N2O3S/c1-11-8-14-12(2)10-16(20)18-17(14)15(9-11)23(21,22)19-13-6-4-3-5-7-13/h3-7,11-12,14-15,17,19H,8-10H2,1-2H3,(H,18,20). The molecule has 0 radical (unpaired) electrons. The molecule has 2 N–H and O–H groups in total. The first-order valence-electron chi connectivity index (χ1n) is 8.23. The molecule has 3 rings (SSSR count). The van der Waals surface area contributed by atoms with Crippen molar-refractivity contribution in [3.8, 4) is 0 Å². The fourth-order valence-corrected chi connectivity index (χ4v) is 5.92. The van der Waals surface area contributed by atoms with Crippen molar-refractivity contribution < 1.29 is 13.2 Å². The summed E-state index contributed by atoms with van der Waals surface area (Å²) in [5, 5.41) is 2.37. The largest absolute Gasteiger partial charge is 0.352 e. The number of fused-ring (bicyclic) bond motifs is 1. The van der Waals surface area contributed by atoms with E-state index in [1.807, 2.05) is 6.07 Å². The number of nitrogens with one attached hydrogen (secondary N) is 2. The molecular formula is C17H24N2O3S. The van der Waals surface area contributed by atoms with Crippen LogP contribution in [0, 0.1) is 17.8 Å². The Kier molecular flexibility index (Phi) is 4.36. The molecule has 126 valence electrons. The van der Waals surface area contributed by atoms with Crippen LogP contribution < -0.4 is 10.0 Å². The Bertz CT molecular complexity index is 674. The van der Waals surface area contributed by atoms with Crippen molar-refractivity contribution in [2.45, 2.75) is 44.4 Å². The van der Waals surface area contributed by atoms with Gasteiger partial charge in [0.15, 0.2) is 0 Å². The van der Waals surface area contributed by atoms with E-state index in [0.29, 0.717) is 24.4 Å². The molecule has 5 atom stereocenters. The van der Waals surface area contributed by atoms with Crippen LogP contribution in [0.4, 0.5) is 5.69 Å². The van der Waals surface area contributed by atoms with Gasteiger partial charge >= 0.3 is 0 Å². The second kappa shape index (κ2) is 6.15. The maximum absolute atomic E-state index is 12.9. The van der Waals surface area contributed by atoms with Crippen LogP contribution in [0.2, 0.25) is 0 Å². The lowest BCUT2D eigenvalue weighted by molar-refractivity contribution is -0.127. The molecule has 1 aromatic rings. The van der Waals surface area contributed by atoms with Gasteiger partial charge in [-0.05, 0) is 42.7 Å². The summed E-state index contributed by atoms with van der Waals surface area (Å²) in [5.74, 6) is 0.763. The summed E-state index contributed by atoms with van der Waals surface area (Å²) in [6, 6.07) is 8.64. The fourth-order valence-electron chi connectivity index (χ4n) is 4.07. The van der Waals surface area contributed by atoms with Crippen molar-refractivity contribution in [2.24, 2.45) is 17.8 Å². The molecule has 5 unspecified atom stereocenters. The zero-order chi connectivity index (χ0) is 16.6. The van der Waals surface area contributed by atoms with Crippen LogP contribution in [-0.2, 0) is 14.8 Å². The summed E-state index contributed by atoms with van der Waals surface area (Å²) in [4.78, 5) is 11.9. The van der Waals surface area contributed by atoms with E-state index in [9.17, 15) is 13.2 Å². The van der Waals surface area contributed by atoms with Gasteiger partial charge in [-0.25, -0.2) is 8.42 Å². The van der Waals surface area contributed by atoms with E-state index in [2.05, 4.69) is 23.9 Å². The summed E-state index contributed by atoms with van der Waals surface area (Å²) in [6.07, 6.45) is 2.05. The second-order valence-electron chi connectivity index (χ2n) is 7.07. The van der Waals surface area contributed by atoms with Gasteiger partial charge in [-0.15, -0.1) is 0 Å². The van der Waals surface area contributed by atoms with Crippen molar-refractivity contribution in [1.29, 1.82) is 0 Å². The van der Waals surface area contributed by atoms with Gasteiger partial charge in [-0.1, -0.05) is 32.0 Å². The Morgan fingerprint density at radius 1 is 1.13 bits per heavy atom. The van der Waals surface area contributed by atoms with Crippen molar-refractivity contribution in [3.63, 3.8) is 0 Å². The Morgan fingerprint density at radius 2 is 1.83 bits per heavy atom. The summed E-state index contributed by atoms with van der Waals surface area (Å²) in [7, 11) is -3.55. The number of carbonyl (C=O) groups excluding carboxylic acids is 1. The molecule has 5 nitrogen and oxygen atoms in total. The third-order valence-corrected chi connectivity index (χ3v) is 6.97. The highest BCUT2D eigenvalue weighted by atomic mass is 32.2. The van der Waals surface area contributed by atoms with Crippen LogP contribution in [0.1, 0.15) is 33.1 Å². The van der Waals surface area contributed by atoms with E-state index in [4.69, 9.17) is 0 Å². The normalized spacial score (nSPS) is 34.3. The minimum Gasteiger partial charge on any atom is -0.352 e. The third-order valence-electron chi connectivity index (χ3n) is 5.17. The Labute approximate surface area is 137 Å². The molecular weight excluding hydrogens is 312 g/mol. The van der Waals surface area contributed by atoms with Gasteiger partial charge in [0.25, 0.3) is 0 Å². The van der Waals surface area contributed by atoms with Crippen molar-refractivity contribution in [2.75, 3.05) is 4.72 Å². The number of anilines is 1. The summed E-state index contributed by atoms with van der Waals surface area (Å²) >= 11 is 0. The SMILES string of the molecule is CC1CC2C(C)CC(=O)NC2C(S(=O)(=O)Nc2ccccc2)C1. The molecule has 1 saturated heterocycles. The predicted octanol–water partition coefficient (Wildman–Crippen LogP) is 2.37. The number of hydrogen-bond acceptors (Lipinski definition) is 3. The van der Waals surface area contributed by atoms with Crippen LogP contribution in [0.3, 0.4) is 0 Å². The maximum atomic E-state index is 12.9. The first-order valence-corrected chi connectivity index (χ1v) is 9.77. The molecule has 0 aromatic heterocycles. The molecule has 0 spiro atoms. The van der Waals surface area contributed by atoms with Gasteiger partial charge in [0.1, 0.15) is 5.25 Å². The number of rotatable bonds is 3. The minimum absolute atomic E-state index is 0.0341. The van der Waals surface area contributed by atoms with E-state index >= 15 is 0 Å². The zero-order valence-electron chi connectivity index (χ0n) is 13.5. The number of piperidine rings is 1. The maximum Gasteiger partial charge on any atom is 0.237 e.